The summed E-state index contributed by atoms with van der Waals surface area (Å²) in [6.07, 6.45) is 1.61. The van der Waals surface area contributed by atoms with Gasteiger partial charge in [0, 0.05) is 18.7 Å². The fourth-order valence-corrected chi connectivity index (χ4v) is 1.55. The average molecular weight is 317 g/mol. The Bertz CT molecular complexity index is 451. The van der Waals surface area contributed by atoms with E-state index in [9.17, 15) is 9.59 Å². The maximum Gasteiger partial charge on any atom is 0.306 e. The maximum atomic E-state index is 11.5. The zero-order valence-corrected chi connectivity index (χ0v) is 11.6. The Balaban J connectivity index is 2.56. The van der Waals surface area contributed by atoms with Crippen LogP contribution in [0.1, 0.15) is 12.8 Å². The molecule has 0 saturated carbocycles. The van der Waals surface area contributed by atoms with Gasteiger partial charge in [0.05, 0.1) is 25.1 Å². The van der Waals surface area contributed by atoms with Crippen LogP contribution in [0, 0.1) is 0 Å². The van der Waals surface area contributed by atoms with Crippen molar-refractivity contribution in [2.24, 2.45) is 0 Å². The summed E-state index contributed by atoms with van der Waals surface area (Å²) in [6.45, 7) is 0. The minimum absolute atomic E-state index is 0.0377. The van der Waals surface area contributed by atoms with E-state index in [0.717, 1.165) is 0 Å². The highest BCUT2D eigenvalue weighted by Crippen LogP contribution is 2.25. The number of hydrogen-bond acceptors (Lipinski definition) is 5. The van der Waals surface area contributed by atoms with Gasteiger partial charge in [-0.1, -0.05) is 0 Å². The standard InChI is InChI=1S/C11H13BrN2O4/c1-17-8-5-9(13-6-7(8)12)14-10(15)3-4-11(16)18-2/h5-6H,3-4H2,1-2H3,(H,13,14,15). The molecular formula is C11H13BrN2O4. The number of ether oxygens (including phenoxy) is 2. The summed E-state index contributed by atoms with van der Waals surface area (Å²) in [7, 11) is 2.80. The molecule has 0 saturated heterocycles. The molecule has 0 aliphatic carbocycles. The number of nitrogens with zero attached hydrogens (tertiary/aromatic N) is 1. The molecule has 0 radical (unpaired) electrons. The predicted molar refractivity (Wildman–Crippen MR) is 68.4 cm³/mol. The van der Waals surface area contributed by atoms with Crippen molar-refractivity contribution >= 4 is 33.6 Å². The van der Waals surface area contributed by atoms with Gasteiger partial charge in [0.15, 0.2) is 0 Å². The lowest BCUT2D eigenvalue weighted by molar-refractivity contribution is -0.141. The van der Waals surface area contributed by atoms with Gasteiger partial charge >= 0.3 is 5.97 Å². The van der Waals surface area contributed by atoms with E-state index in [1.54, 1.807) is 6.07 Å². The highest BCUT2D eigenvalue weighted by atomic mass is 79.9. The number of halogens is 1. The average Bonchev–Trinajstić information content (AvgIpc) is 2.38. The number of amides is 1. The summed E-state index contributed by atoms with van der Waals surface area (Å²) in [5.41, 5.74) is 0. The first-order chi connectivity index (χ1) is 8.56. The second kappa shape index (κ2) is 6.95. The zero-order chi connectivity index (χ0) is 13.5. The van der Waals surface area contributed by atoms with E-state index in [-0.39, 0.29) is 18.7 Å². The van der Waals surface area contributed by atoms with Gasteiger partial charge < -0.3 is 14.8 Å². The van der Waals surface area contributed by atoms with Crippen LogP contribution in [-0.2, 0) is 14.3 Å². The molecule has 1 aromatic rings. The van der Waals surface area contributed by atoms with Crippen LogP contribution in [0.4, 0.5) is 5.82 Å². The van der Waals surface area contributed by atoms with Gasteiger partial charge in [-0.3, -0.25) is 9.59 Å². The summed E-state index contributed by atoms with van der Waals surface area (Å²) in [4.78, 5) is 26.4. The smallest absolute Gasteiger partial charge is 0.306 e. The van der Waals surface area contributed by atoms with E-state index >= 15 is 0 Å². The molecule has 1 heterocycles. The molecular weight excluding hydrogens is 304 g/mol. The zero-order valence-electron chi connectivity index (χ0n) is 10.0. The van der Waals surface area contributed by atoms with Gasteiger partial charge in [0.1, 0.15) is 11.6 Å². The molecule has 0 fully saturated rings. The first-order valence-corrected chi connectivity index (χ1v) is 5.92. The Labute approximate surface area is 113 Å². The molecule has 98 valence electrons. The molecule has 1 amide bonds. The van der Waals surface area contributed by atoms with Crippen LogP contribution in [-0.4, -0.2) is 31.1 Å². The van der Waals surface area contributed by atoms with Gasteiger partial charge in [-0.05, 0) is 15.9 Å². The molecule has 1 aromatic heterocycles. The third-order valence-electron chi connectivity index (χ3n) is 2.09. The van der Waals surface area contributed by atoms with Gasteiger partial charge in [-0.25, -0.2) is 4.98 Å². The van der Waals surface area contributed by atoms with E-state index in [4.69, 9.17) is 4.74 Å². The van der Waals surface area contributed by atoms with Gasteiger partial charge in [0.2, 0.25) is 5.91 Å². The van der Waals surface area contributed by atoms with Crippen LogP contribution < -0.4 is 10.1 Å². The lowest BCUT2D eigenvalue weighted by Crippen LogP contribution is -2.14. The monoisotopic (exact) mass is 316 g/mol. The Morgan fingerprint density at radius 2 is 2.11 bits per heavy atom. The molecule has 0 unspecified atom stereocenters. The fourth-order valence-electron chi connectivity index (χ4n) is 1.17. The number of esters is 1. The highest BCUT2D eigenvalue weighted by Gasteiger charge is 2.09. The van der Waals surface area contributed by atoms with Crippen LogP contribution in [0.25, 0.3) is 0 Å². The summed E-state index contributed by atoms with van der Waals surface area (Å²) in [5.74, 6) is 0.196. The molecule has 1 N–H and O–H groups in total. The number of hydrogen-bond donors (Lipinski definition) is 1. The van der Waals surface area contributed by atoms with E-state index < -0.39 is 5.97 Å². The number of pyridine rings is 1. The lowest BCUT2D eigenvalue weighted by Gasteiger charge is -2.07. The number of nitrogens with one attached hydrogen (secondary N) is 1. The molecule has 6 nitrogen and oxygen atoms in total. The predicted octanol–water partition coefficient (Wildman–Crippen LogP) is 1.74. The SMILES string of the molecule is COC(=O)CCC(=O)Nc1cc(OC)c(Br)cn1. The molecule has 0 aliphatic rings. The molecule has 0 atom stereocenters. The minimum Gasteiger partial charge on any atom is -0.495 e. The maximum absolute atomic E-state index is 11.5. The lowest BCUT2D eigenvalue weighted by atomic mass is 10.3. The van der Waals surface area contributed by atoms with Crippen molar-refractivity contribution in [2.75, 3.05) is 19.5 Å². The number of carbonyl (C=O) groups is 2. The van der Waals surface area contributed by atoms with Crippen LogP contribution in [0.5, 0.6) is 5.75 Å². The normalized spacial score (nSPS) is 9.72. The van der Waals surface area contributed by atoms with Crippen molar-refractivity contribution in [3.05, 3.63) is 16.7 Å². The first kappa shape index (κ1) is 14.4. The molecule has 0 bridgehead atoms. The molecule has 0 aliphatic heterocycles. The fraction of sp³-hybridized carbons (Fsp3) is 0.364. The molecule has 7 heteroatoms. The summed E-state index contributed by atoms with van der Waals surface area (Å²) in [5, 5.41) is 2.56. The minimum atomic E-state index is -0.425. The van der Waals surface area contributed by atoms with Crippen molar-refractivity contribution in [1.29, 1.82) is 0 Å². The number of rotatable bonds is 5. The molecule has 0 spiro atoms. The van der Waals surface area contributed by atoms with E-state index in [1.807, 2.05) is 0 Å². The van der Waals surface area contributed by atoms with E-state index in [0.29, 0.717) is 16.0 Å². The first-order valence-electron chi connectivity index (χ1n) is 5.13. The van der Waals surface area contributed by atoms with Crippen molar-refractivity contribution in [3.8, 4) is 5.75 Å². The van der Waals surface area contributed by atoms with Crippen molar-refractivity contribution in [2.45, 2.75) is 12.8 Å². The number of carbonyl (C=O) groups excluding carboxylic acids is 2. The second-order valence-electron chi connectivity index (χ2n) is 3.33. The second-order valence-corrected chi connectivity index (χ2v) is 4.18. The van der Waals surface area contributed by atoms with Gasteiger partial charge in [-0.2, -0.15) is 0 Å². The van der Waals surface area contributed by atoms with Crippen LogP contribution in [0.15, 0.2) is 16.7 Å². The summed E-state index contributed by atoms with van der Waals surface area (Å²) >= 11 is 3.25. The van der Waals surface area contributed by atoms with Gasteiger partial charge in [0.25, 0.3) is 0 Å². The third kappa shape index (κ3) is 4.33. The van der Waals surface area contributed by atoms with Crippen molar-refractivity contribution < 1.29 is 19.1 Å². The molecule has 0 aromatic carbocycles. The number of aromatic nitrogens is 1. The molecule has 1 rings (SSSR count). The number of methoxy groups -OCH3 is 2. The van der Waals surface area contributed by atoms with Gasteiger partial charge in [-0.15, -0.1) is 0 Å². The van der Waals surface area contributed by atoms with E-state index in [1.165, 1.54) is 20.4 Å². The Hall–Kier alpha value is -1.63. The Kier molecular flexibility index (Phi) is 5.57. The van der Waals surface area contributed by atoms with Crippen molar-refractivity contribution in [1.82, 2.24) is 4.98 Å². The van der Waals surface area contributed by atoms with Crippen molar-refractivity contribution in [3.63, 3.8) is 0 Å². The summed E-state index contributed by atoms with van der Waals surface area (Å²) < 4.78 is 10.2. The van der Waals surface area contributed by atoms with Crippen LogP contribution >= 0.6 is 15.9 Å². The topological polar surface area (TPSA) is 77.5 Å². The Morgan fingerprint density at radius 3 is 2.72 bits per heavy atom. The molecule has 18 heavy (non-hydrogen) atoms. The largest absolute Gasteiger partial charge is 0.495 e. The Morgan fingerprint density at radius 1 is 1.39 bits per heavy atom. The third-order valence-corrected chi connectivity index (χ3v) is 2.69. The van der Waals surface area contributed by atoms with Crippen LogP contribution in [0.3, 0.4) is 0 Å². The van der Waals surface area contributed by atoms with E-state index in [2.05, 4.69) is 31.0 Å². The highest BCUT2D eigenvalue weighted by molar-refractivity contribution is 9.10. The van der Waals surface area contributed by atoms with Crippen LogP contribution in [0.2, 0.25) is 0 Å². The summed E-state index contributed by atoms with van der Waals surface area (Å²) in [6, 6.07) is 1.58. The number of anilines is 1. The quantitative estimate of drug-likeness (QED) is 0.837.